The first-order valence-corrected chi connectivity index (χ1v) is 16.8. The fraction of sp³-hybridized carbons (Fsp3) is 0.595. The largest absolute Gasteiger partial charge is 0.458 e. The summed E-state index contributed by atoms with van der Waals surface area (Å²) in [6, 6.07) is 2.92. The van der Waals surface area contributed by atoms with Gasteiger partial charge in [0, 0.05) is 56.5 Å². The number of pyridine rings is 1. The van der Waals surface area contributed by atoms with Gasteiger partial charge in [-0.25, -0.2) is 4.79 Å². The third kappa shape index (κ3) is 8.90. The van der Waals surface area contributed by atoms with Crippen LogP contribution in [0, 0.1) is 23.2 Å². The number of hydrogen-bond acceptors (Lipinski definition) is 14. The second-order valence-corrected chi connectivity index (χ2v) is 14.2. The fourth-order valence-corrected chi connectivity index (χ4v) is 6.66. The molecular formula is C37H49NO13. The van der Waals surface area contributed by atoms with Gasteiger partial charge in [0.1, 0.15) is 23.4 Å². The van der Waals surface area contributed by atoms with E-state index < -0.39 is 107 Å². The molecule has 0 saturated heterocycles. The van der Waals surface area contributed by atoms with Gasteiger partial charge in [-0.3, -0.25) is 29.0 Å². The van der Waals surface area contributed by atoms with Crippen LogP contribution in [0.2, 0.25) is 0 Å². The molecular weight excluding hydrogens is 666 g/mol. The smallest absolute Gasteiger partial charge is 0.340 e. The fourth-order valence-electron chi connectivity index (χ4n) is 6.66. The van der Waals surface area contributed by atoms with E-state index in [4.69, 9.17) is 23.7 Å². The first kappa shape index (κ1) is 41.0. The van der Waals surface area contributed by atoms with Crippen LogP contribution in [0.15, 0.2) is 48.8 Å². The number of aliphatic hydroxyl groups excluding tert-OH is 1. The molecule has 3 rings (SSSR count). The summed E-state index contributed by atoms with van der Waals surface area (Å²) < 4.78 is 28.9. The van der Waals surface area contributed by atoms with Crippen molar-refractivity contribution in [3.8, 4) is 0 Å². The number of ketones is 1. The maximum atomic E-state index is 14.4. The van der Waals surface area contributed by atoms with Gasteiger partial charge >= 0.3 is 29.8 Å². The van der Waals surface area contributed by atoms with E-state index in [2.05, 4.69) is 11.6 Å². The Bertz CT molecular complexity index is 1550. The van der Waals surface area contributed by atoms with E-state index in [1.165, 1.54) is 50.5 Å². The first-order valence-electron chi connectivity index (χ1n) is 16.8. The lowest BCUT2D eigenvalue weighted by atomic mass is 9.72. The molecule has 0 aromatic carbocycles. The number of carbonyl (C=O) groups excluding carboxylic acids is 6. The molecule has 0 radical (unpaired) electrons. The number of fused-ring (bicyclic) bond motifs is 1. The van der Waals surface area contributed by atoms with Crippen LogP contribution >= 0.6 is 0 Å². The van der Waals surface area contributed by atoms with Gasteiger partial charge in [-0.15, -0.1) is 0 Å². The van der Waals surface area contributed by atoms with Crippen LogP contribution in [-0.4, -0.2) is 92.5 Å². The van der Waals surface area contributed by atoms with Crippen LogP contribution in [0.4, 0.5) is 0 Å². The molecule has 2 N–H and O–H groups in total. The summed E-state index contributed by atoms with van der Waals surface area (Å²) in [7, 11) is 0. The number of esters is 5. The number of aromatic nitrogens is 1. The summed E-state index contributed by atoms with van der Waals surface area (Å²) in [5.41, 5.74) is -6.08. The third-order valence-electron chi connectivity index (χ3n) is 9.55. The predicted octanol–water partition coefficient (Wildman–Crippen LogP) is 3.22. The Kier molecular flexibility index (Phi) is 12.7. The zero-order valence-corrected chi connectivity index (χ0v) is 30.5. The average Bonchev–Trinajstić information content (AvgIpc) is 3.25. The minimum absolute atomic E-state index is 0.0217. The molecule has 0 spiro atoms. The van der Waals surface area contributed by atoms with Crippen molar-refractivity contribution in [3.05, 3.63) is 54.4 Å². The Hall–Kier alpha value is -4.43. The normalized spacial score (nSPS) is 33.3. The highest BCUT2D eigenvalue weighted by Gasteiger charge is 2.68. The number of allylic oxidation sites excluding steroid dienone is 1. The van der Waals surface area contributed by atoms with E-state index >= 15 is 0 Å². The molecule has 14 nitrogen and oxygen atoms in total. The van der Waals surface area contributed by atoms with Crippen molar-refractivity contribution in [1.29, 1.82) is 0 Å². The lowest BCUT2D eigenvalue weighted by Crippen LogP contribution is -2.58. The number of carbonyl (C=O) groups is 6. The van der Waals surface area contributed by atoms with Crippen LogP contribution in [0.5, 0.6) is 0 Å². The summed E-state index contributed by atoms with van der Waals surface area (Å²) in [6.45, 7) is 16.7. The number of aliphatic hydroxyl groups is 2. The molecule has 1 aromatic heterocycles. The minimum atomic E-state index is -2.56. The molecule has 280 valence electrons. The van der Waals surface area contributed by atoms with Crippen molar-refractivity contribution < 1.29 is 62.7 Å². The maximum absolute atomic E-state index is 14.4. The highest BCUT2D eigenvalue weighted by atomic mass is 16.6. The van der Waals surface area contributed by atoms with Crippen molar-refractivity contribution in [2.75, 3.05) is 0 Å². The molecule has 14 heteroatoms. The summed E-state index contributed by atoms with van der Waals surface area (Å²) in [4.78, 5) is 83.0. The Balaban J connectivity index is 2.40. The van der Waals surface area contributed by atoms with Gasteiger partial charge in [-0.05, 0) is 25.5 Å². The van der Waals surface area contributed by atoms with Gasteiger partial charge < -0.3 is 33.9 Å². The summed E-state index contributed by atoms with van der Waals surface area (Å²) in [5, 5.41) is 24.7. The van der Waals surface area contributed by atoms with Gasteiger partial charge in [-0.2, -0.15) is 0 Å². The second-order valence-electron chi connectivity index (χ2n) is 14.2. The molecule has 1 saturated carbocycles. The van der Waals surface area contributed by atoms with E-state index in [1.54, 1.807) is 27.7 Å². The van der Waals surface area contributed by atoms with Crippen molar-refractivity contribution in [2.24, 2.45) is 23.2 Å². The summed E-state index contributed by atoms with van der Waals surface area (Å²) in [5.74, 6) is -8.74. The molecule has 2 aliphatic carbocycles. The van der Waals surface area contributed by atoms with Crippen LogP contribution < -0.4 is 0 Å². The summed E-state index contributed by atoms with van der Waals surface area (Å²) >= 11 is 0. The average molecular weight is 716 g/mol. The molecule has 0 amide bonds. The van der Waals surface area contributed by atoms with Crippen molar-refractivity contribution in [1.82, 2.24) is 4.98 Å². The topological polar surface area (TPSA) is 202 Å². The first-order chi connectivity index (χ1) is 23.6. The standard InChI is InChI=1S/C37H49NO13/c1-11-19(2)33(44)50-27-21(4)28(47-22(5)39)29(48-23(6)40)32(49-24(7)41)35(8,9)15-14-20(3)30(42)37(46)18-36(10,31(43)26(27)37)51-34(45)25-13-12-16-38-17-25/h12-17,19-20,26-29,31-32,43,46H,4,11,18H2,1-3,5-10H3/b15-14+/t19-,20+,26+,27+,28+,29-,31-,32-,36-,37-/m1/s1. The van der Waals surface area contributed by atoms with Crippen molar-refractivity contribution >= 4 is 35.6 Å². The Morgan fingerprint density at radius 2 is 1.61 bits per heavy atom. The number of rotatable bonds is 8. The van der Waals surface area contributed by atoms with Gasteiger partial charge in [0.25, 0.3) is 0 Å². The summed E-state index contributed by atoms with van der Waals surface area (Å²) in [6.07, 6.45) is -3.20. The number of hydrogen-bond donors (Lipinski definition) is 2. The third-order valence-corrected chi connectivity index (χ3v) is 9.55. The van der Waals surface area contributed by atoms with Crippen LogP contribution in [0.25, 0.3) is 0 Å². The molecule has 2 aliphatic rings. The van der Waals surface area contributed by atoms with Gasteiger partial charge in [-0.1, -0.05) is 53.3 Å². The Morgan fingerprint density at radius 3 is 2.14 bits per heavy atom. The van der Waals surface area contributed by atoms with E-state index in [0.29, 0.717) is 6.42 Å². The molecule has 1 fully saturated rings. The van der Waals surface area contributed by atoms with Crippen molar-refractivity contribution in [2.45, 2.75) is 117 Å². The van der Waals surface area contributed by atoms with E-state index in [-0.39, 0.29) is 11.1 Å². The van der Waals surface area contributed by atoms with Crippen molar-refractivity contribution in [3.63, 3.8) is 0 Å². The number of ether oxygens (including phenoxy) is 5. The van der Waals surface area contributed by atoms with Crippen LogP contribution in [-0.2, 0) is 47.7 Å². The number of Topliss-reactive ketones (excluding diaryl/α,β-unsaturated/α-hetero) is 1. The van der Waals surface area contributed by atoms with E-state index in [0.717, 1.165) is 20.8 Å². The lowest BCUT2D eigenvalue weighted by molar-refractivity contribution is -0.191. The highest BCUT2D eigenvalue weighted by Crippen LogP contribution is 2.51. The minimum Gasteiger partial charge on any atom is -0.458 e. The SMILES string of the molecule is C=C1[C@H](OC(C)=O)[C@@H](OC(C)=O)[C@@H](OC(C)=O)C(C)(C)/C=C/[C@H](C)C(=O)[C@@]2(O)C[C@@](C)(OC(=O)c3cccnc3)[C@H](O)[C@@H]2[C@H]1OC(=O)[C@H](C)CC. The Morgan fingerprint density at radius 1 is 1.00 bits per heavy atom. The van der Waals surface area contributed by atoms with Crippen LogP contribution in [0.3, 0.4) is 0 Å². The quantitative estimate of drug-likeness (QED) is 0.226. The number of nitrogens with zero attached hydrogens (tertiary/aromatic N) is 1. The molecule has 0 aliphatic heterocycles. The van der Waals surface area contributed by atoms with E-state index in [9.17, 15) is 39.0 Å². The molecule has 1 aromatic rings. The maximum Gasteiger partial charge on any atom is 0.340 e. The molecule has 1 heterocycles. The lowest BCUT2D eigenvalue weighted by Gasteiger charge is -2.43. The Labute approximate surface area is 297 Å². The molecule has 0 bridgehead atoms. The van der Waals surface area contributed by atoms with Gasteiger partial charge in [0.15, 0.2) is 24.1 Å². The van der Waals surface area contributed by atoms with Gasteiger partial charge in [0.2, 0.25) is 0 Å². The second kappa shape index (κ2) is 15.9. The zero-order chi connectivity index (χ0) is 38.6. The van der Waals surface area contributed by atoms with Gasteiger partial charge in [0.05, 0.1) is 17.4 Å². The van der Waals surface area contributed by atoms with E-state index in [1.807, 2.05) is 0 Å². The van der Waals surface area contributed by atoms with Crippen LogP contribution in [0.1, 0.15) is 85.5 Å². The molecule has 10 atom stereocenters. The molecule has 0 unspecified atom stereocenters. The zero-order valence-electron chi connectivity index (χ0n) is 30.5. The molecule has 51 heavy (non-hydrogen) atoms. The highest BCUT2D eigenvalue weighted by molar-refractivity contribution is 5.92. The predicted molar refractivity (Wildman–Crippen MR) is 179 cm³/mol. The monoisotopic (exact) mass is 715 g/mol.